The van der Waals surface area contributed by atoms with Crippen LogP contribution >= 0.6 is 0 Å². The summed E-state index contributed by atoms with van der Waals surface area (Å²) in [5, 5.41) is 22.5. The Hall–Kier alpha value is -2.69. The van der Waals surface area contributed by atoms with Crippen LogP contribution in [-0.2, 0) is 24.0 Å². The lowest BCUT2D eigenvalue weighted by Gasteiger charge is -2.26. The Labute approximate surface area is 156 Å². The molecule has 0 bridgehead atoms. The first-order valence-corrected chi connectivity index (χ1v) is 8.58. The number of amides is 3. The van der Waals surface area contributed by atoms with E-state index in [1.54, 1.807) is 13.8 Å². The van der Waals surface area contributed by atoms with Crippen LogP contribution in [0.4, 0.5) is 0 Å². The van der Waals surface area contributed by atoms with Gasteiger partial charge >= 0.3 is 11.9 Å². The minimum atomic E-state index is -1.34. The van der Waals surface area contributed by atoms with Gasteiger partial charge in [-0.15, -0.1) is 0 Å². The summed E-state index contributed by atoms with van der Waals surface area (Å²) in [5.74, 6) is -4.93. The average molecular weight is 388 g/mol. The molecule has 0 saturated heterocycles. The van der Waals surface area contributed by atoms with Crippen molar-refractivity contribution in [3.63, 3.8) is 0 Å². The average Bonchev–Trinajstić information content (AvgIpc) is 2.59. The fourth-order valence-corrected chi connectivity index (χ4v) is 2.18. The SMILES string of the molecule is CCC(C)C(NC(=O)C(N)CCC(=O)O)C(=O)NC(CCC(N)=O)C(=O)O. The van der Waals surface area contributed by atoms with Gasteiger partial charge in [0.05, 0.1) is 6.04 Å². The molecular formula is C16H28N4O7. The van der Waals surface area contributed by atoms with E-state index in [1.165, 1.54) is 0 Å². The lowest BCUT2D eigenvalue weighted by atomic mass is 9.97. The Morgan fingerprint density at radius 1 is 0.963 bits per heavy atom. The maximum atomic E-state index is 12.5. The van der Waals surface area contributed by atoms with Crippen molar-refractivity contribution in [1.29, 1.82) is 0 Å². The van der Waals surface area contributed by atoms with Gasteiger partial charge < -0.3 is 32.3 Å². The van der Waals surface area contributed by atoms with Crippen LogP contribution in [0.2, 0.25) is 0 Å². The molecule has 0 aromatic carbocycles. The maximum Gasteiger partial charge on any atom is 0.326 e. The minimum absolute atomic E-state index is 0.105. The summed E-state index contributed by atoms with van der Waals surface area (Å²) >= 11 is 0. The number of rotatable bonds is 13. The summed E-state index contributed by atoms with van der Waals surface area (Å²) in [6, 6.07) is -3.52. The highest BCUT2D eigenvalue weighted by Gasteiger charge is 2.31. The van der Waals surface area contributed by atoms with Crippen molar-refractivity contribution < 1.29 is 34.2 Å². The quantitative estimate of drug-likeness (QED) is 0.220. The largest absolute Gasteiger partial charge is 0.481 e. The minimum Gasteiger partial charge on any atom is -0.481 e. The van der Waals surface area contributed by atoms with E-state index in [2.05, 4.69) is 10.6 Å². The van der Waals surface area contributed by atoms with Gasteiger partial charge in [-0.05, 0) is 18.8 Å². The second-order valence-electron chi connectivity index (χ2n) is 6.32. The zero-order valence-electron chi connectivity index (χ0n) is 15.4. The number of nitrogens with two attached hydrogens (primary N) is 2. The van der Waals surface area contributed by atoms with Crippen LogP contribution in [0.25, 0.3) is 0 Å². The summed E-state index contributed by atoms with van der Waals surface area (Å²) < 4.78 is 0. The molecule has 0 rings (SSSR count). The van der Waals surface area contributed by atoms with Crippen molar-refractivity contribution in [3.8, 4) is 0 Å². The summed E-state index contributed by atoms with van der Waals surface area (Å²) in [5.41, 5.74) is 10.6. The highest BCUT2D eigenvalue weighted by molar-refractivity contribution is 5.92. The van der Waals surface area contributed by atoms with Crippen molar-refractivity contribution in [3.05, 3.63) is 0 Å². The van der Waals surface area contributed by atoms with Gasteiger partial charge in [-0.2, -0.15) is 0 Å². The zero-order valence-corrected chi connectivity index (χ0v) is 15.4. The molecule has 4 atom stereocenters. The van der Waals surface area contributed by atoms with Crippen molar-refractivity contribution >= 4 is 29.7 Å². The van der Waals surface area contributed by atoms with Gasteiger partial charge in [-0.1, -0.05) is 20.3 Å². The number of aliphatic carboxylic acids is 2. The van der Waals surface area contributed by atoms with Crippen molar-refractivity contribution in [1.82, 2.24) is 10.6 Å². The predicted octanol–water partition coefficient (Wildman–Crippen LogP) is -1.46. The molecule has 0 aliphatic carbocycles. The van der Waals surface area contributed by atoms with Crippen LogP contribution in [0.1, 0.15) is 46.0 Å². The molecule has 0 aromatic rings. The van der Waals surface area contributed by atoms with E-state index in [9.17, 15) is 29.1 Å². The van der Waals surface area contributed by atoms with Gasteiger partial charge in [0.1, 0.15) is 12.1 Å². The Bertz CT molecular complexity index is 567. The molecule has 0 spiro atoms. The number of carboxylic acid groups (broad SMARTS) is 2. The van der Waals surface area contributed by atoms with Gasteiger partial charge in [0.2, 0.25) is 17.7 Å². The van der Waals surface area contributed by atoms with E-state index in [4.69, 9.17) is 16.6 Å². The molecular weight excluding hydrogens is 360 g/mol. The number of carbonyl (C=O) groups is 5. The molecule has 0 fully saturated rings. The van der Waals surface area contributed by atoms with Crippen LogP contribution < -0.4 is 22.1 Å². The normalized spacial score (nSPS) is 15.1. The van der Waals surface area contributed by atoms with Crippen molar-refractivity contribution in [2.75, 3.05) is 0 Å². The first kappa shape index (κ1) is 24.3. The third-order valence-corrected chi connectivity index (χ3v) is 4.09. The summed E-state index contributed by atoms with van der Waals surface area (Å²) in [7, 11) is 0. The van der Waals surface area contributed by atoms with Crippen LogP contribution in [-0.4, -0.2) is 58.0 Å². The van der Waals surface area contributed by atoms with Crippen LogP contribution in [0, 0.1) is 5.92 Å². The van der Waals surface area contributed by atoms with Gasteiger partial charge in [0.15, 0.2) is 0 Å². The van der Waals surface area contributed by atoms with Gasteiger partial charge in [-0.25, -0.2) is 4.79 Å². The molecule has 0 saturated carbocycles. The monoisotopic (exact) mass is 388 g/mol. The third-order valence-electron chi connectivity index (χ3n) is 4.09. The molecule has 4 unspecified atom stereocenters. The predicted molar refractivity (Wildman–Crippen MR) is 94.2 cm³/mol. The molecule has 0 radical (unpaired) electrons. The molecule has 0 heterocycles. The van der Waals surface area contributed by atoms with Gasteiger partial charge in [0.25, 0.3) is 0 Å². The molecule has 0 aromatic heterocycles. The highest BCUT2D eigenvalue weighted by atomic mass is 16.4. The van der Waals surface area contributed by atoms with Crippen LogP contribution in [0.5, 0.6) is 0 Å². The third kappa shape index (κ3) is 9.54. The number of hydrogen-bond acceptors (Lipinski definition) is 6. The van der Waals surface area contributed by atoms with Crippen LogP contribution in [0.3, 0.4) is 0 Å². The first-order valence-electron chi connectivity index (χ1n) is 8.58. The molecule has 0 aliphatic rings. The number of carbonyl (C=O) groups excluding carboxylic acids is 3. The van der Waals surface area contributed by atoms with E-state index in [0.717, 1.165) is 0 Å². The van der Waals surface area contributed by atoms with E-state index in [-0.39, 0.29) is 31.6 Å². The summed E-state index contributed by atoms with van der Waals surface area (Å²) in [6.07, 6.45) is -0.315. The molecule has 27 heavy (non-hydrogen) atoms. The Kier molecular flexibility index (Phi) is 10.7. The maximum absolute atomic E-state index is 12.5. The summed E-state index contributed by atoms with van der Waals surface area (Å²) in [6.45, 7) is 3.47. The van der Waals surface area contributed by atoms with E-state index < -0.39 is 47.8 Å². The lowest BCUT2D eigenvalue weighted by molar-refractivity contribution is -0.142. The molecule has 11 heteroatoms. The zero-order chi connectivity index (χ0) is 21.1. The standard InChI is InChI=1S/C16H28N4O7/c1-3-8(2)13(20-14(24)9(17)4-7-12(22)23)15(25)19-10(16(26)27)5-6-11(18)21/h8-10,13H,3-7,17H2,1-2H3,(H2,18,21)(H,19,25)(H,20,24)(H,22,23)(H,26,27). The fourth-order valence-electron chi connectivity index (χ4n) is 2.18. The topological polar surface area (TPSA) is 202 Å². The van der Waals surface area contributed by atoms with Crippen molar-refractivity contribution in [2.24, 2.45) is 17.4 Å². The first-order chi connectivity index (χ1) is 12.5. The van der Waals surface area contributed by atoms with Crippen molar-refractivity contribution in [2.45, 2.75) is 64.1 Å². The smallest absolute Gasteiger partial charge is 0.326 e. The second kappa shape index (κ2) is 11.8. The van der Waals surface area contributed by atoms with Crippen LogP contribution in [0.15, 0.2) is 0 Å². The second-order valence-corrected chi connectivity index (χ2v) is 6.32. The number of primary amides is 1. The van der Waals surface area contributed by atoms with Gasteiger partial charge in [-0.3, -0.25) is 19.2 Å². The molecule has 11 nitrogen and oxygen atoms in total. The Morgan fingerprint density at radius 2 is 1.56 bits per heavy atom. The number of hydrogen-bond donors (Lipinski definition) is 6. The van der Waals surface area contributed by atoms with E-state index in [1.807, 2.05) is 0 Å². The van der Waals surface area contributed by atoms with Gasteiger partial charge in [0, 0.05) is 12.8 Å². The molecule has 0 aliphatic heterocycles. The number of nitrogens with one attached hydrogen (secondary N) is 2. The lowest BCUT2D eigenvalue weighted by Crippen LogP contribution is -2.56. The van der Waals surface area contributed by atoms with E-state index >= 15 is 0 Å². The van der Waals surface area contributed by atoms with E-state index in [0.29, 0.717) is 6.42 Å². The molecule has 3 amide bonds. The summed E-state index contributed by atoms with van der Waals surface area (Å²) in [4.78, 5) is 57.3. The molecule has 154 valence electrons. The Morgan fingerprint density at radius 3 is 2.00 bits per heavy atom. The fraction of sp³-hybridized carbons (Fsp3) is 0.688. The highest BCUT2D eigenvalue weighted by Crippen LogP contribution is 2.10. The molecule has 8 N–H and O–H groups in total. The Balaban J connectivity index is 5.07. The number of carboxylic acids is 2.